The van der Waals surface area contributed by atoms with Crippen LogP contribution in [0.15, 0.2) is 41.8 Å². The average Bonchev–Trinajstić information content (AvgIpc) is 2.72. The normalized spacial score (nSPS) is 34.2. The largest absolute Gasteiger partial charge is 0.380 e. The Morgan fingerprint density at radius 2 is 2.27 bits per heavy atom. The third kappa shape index (κ3) is 3.16. The van der Waals surface area contributed by atoms with Gasteiger partial charge in [-0.25, -0.2) is 0 Å². The van der Waals surface area contributed by atoms with E-state index in [9.17, 15) is 0 Å². The van der Waals surface area contributed by atoms with Crippen LogP contribution in [0.25, 0.3) is 0 Å². The molecule has 3 rings (SSSR count). The van der Waals surface area contributed by atoms with Gasteiger partial charge < -0.3 is 9.64 Å². The third-order valence-corrected chi connectivity index (χ3v) is 4.62. The summed E-state index contributed by atoms with van der Waals surface area (Å²) in [6.45, 7) is 6.82. The van der Waals surface area contributed by atoms with Gasteiger partial charge in [-0.2, -0.15) is 0 Å². The Bertz CT molecular complexity index is 469. The number of nitrogens with one attached hydrogen (secondary N) is 1. The van der Waals surface area contributed by atoms with E-state index in [2.05, 4.69) is 45.4 Å². The SMILES string of the molecule is CCOCCN1C2CC=CC(C)C2NC1N1C=CC=NC=C1. The molecule has 1 saturated heterocycles. The number of hydrogen-bond acceptors (Lipinski definition) is 5. The van der Waals surface area contributed by atoms with Crippen LogP contribution in [-0.4, -0.2) is 54.1 Å². The Balaban J connectivity index is 1.77. The molecule has 1 N–H and O–H groups in total. The van der Waals surface area contributed by atoms with E-state index in [1.807, 2.05) is 31.6 Å². The second kappa shape index (κ2) is 7.22. The Labute approximate surface area is 133 Å². The van der Waals surface area contributed by atoms with Gasteiger partial charge >= 0.3 is 0 Å². The van der Waals surface area contributed by atoms with Crippen molar-refractivity contribution in [3.8, 4) is 0 Å². The van der Waals surface area contributed by atoms with Crippen LogP contribution in [0.5, 0.6) is 0 Å². The van der Waals surface area contributed by atoms with Crippen LogP contribution < -0.4 is 5.32 Å². The molecule has 5 heteroatoms. The highest BCUT2D eigenvalue weighted by atomic mass is 16.5. The van der Waals surface area contributed by atoms with E-state index >= 15 is 0 Å². The van der Waals surface area contributed by atoms with Crippen molar-refractivity contribution in [1.82, 2.24) is 15.1 Å². The lowest BCUT2D eigenvalue weighted by molar-refractivity contribution is 0.0550. The van der Waals surface area contributed by atoms with Gasteiger partial charge in [-0.05, 0) is 25.3 Å². The molecule has 0 amide bonds. The van der Waals surface area contributed by atoms with Crippen molar-refractivity contribution in [3.63, 3.8) is 0 Å². The van der Waals surface area contributed by atoms with Gasteiger partial charge in [0, 0.05) is 50.0 Å². The number of ether oxygens (including phenoxy) is 1. The van der Waals surface area contributed by atoms with Crippen LogP contribution in [0, 0.1) is 5.92 Å². The predicted octanol–water partition coefficient (Wildman–Crippen LogP) is 1.92. The molecule has 0 aromatic rings. The van der Waals surface area contributed by atoms with Gasteiger partial charge in [-0.15, -0.1) is 0 Å². The van der Waals surface area contributed by atoms with Crippen molar-refractivity contribution in [2.24, 2.45) is 10.9 Å². The Morgan fingerprint density at radius 3 is 3.14 bits per heavy atom. The van der Waals surface area contributed by atoms with Gasteiger partial charge in [0.1, 0.15) is 6.29 Å². The Hall–Kier alpha value is -1.43. The fourth-order valence-corrected chi connectivity index (χ4v) is 3.53. The lowest BCUT2D eigenvalue weighted by Gasteiger charge is -2.35. The maximum Gasteiger partial charge on any atom is 0.141 e. The molecule has 0 aromatic carbocycles. The first-order valence-corrected chi connectivity index (χ1v) is 8.21. The number of fused-ring (bicyclic) bond motifs is 1. The van der Waals surface area contributed by atoms with E-state index in [1.54, 1.807) is 0 Å². The summed E-state index contributed by atoms with van der Waals surface area (Å²) in [6.07, 6.45) is 15.6. The highest BCUT2D eigenvalue weighted by Gasteiger charge is 2.44. The monoisotopic (exact) mass is 302 g/mol. The molecule has 0 saturated carbocycles. The fraction of sp³-hybridized carbons (Fsp3) is 0.588. The minimum atomic E-state index is 0.159. The quantitative estimate of drug-likeness (QED) is 0.622. The fourth-order valence-electron chi connectivity index (χ4n) is 3.53. The minimum absolute atomic E-state index is 0.159. The summed E-state index contributed by atoms with van der Waals surface area (Å²) in [5.74, 6) is 0.550. The summed E-state index contributed by atoms with van der Waals surface area (Å²) in [5.41, 5.74) is 0. The van der Waals surface area contributed by atoms with Gasteiger partial charge in [0.25, 0.3) is 0 Å². The lowest BCUT2D eigenvalue weighted by Crippen LogP contribution is -2.48. The smallest absolute Gasteiger partial charge is 0.141 e. The number of aliphatic imine (C=N–C) groups is 1. The summed E-state index contributed by atoms with van der Waals surface area (Å²) in [6, 6.07) is 1.01. The van der Waals surface area contributed by atoms with Crippen molar-refractivity contribution in [2.45, 2.75) is 38.6 Å². The lowest BCUT2D eigenvalue weighted by atomic mass is 9.88. The Kier molecular flexibility index (Phi) is 5.08. The standard InChI is InChI=1S/C17H26N4O/c1-3-22-13-12-21-15-7-4-6-14(2)16(15)19-17(21)20-10-5-8-18-9-11-20/h4-6,8-11,14-17,19H,3,7,12-13H2,1-2H3. The molecule has 22 heavy (non-hydrogen) atoms. The predicted molar refractivity (Wildman–Crippen MR) is 89.2 cm³/mol. The maximum atomic E-state index is 5.60. The number of nitrogens with zero attached hydrogens (tertiary/aromatic N) is 3. The molecule has 4 atom stereocenters. The molecule has 0 aromatic heterocycles. The van der Waals surface area contributed by atoms with Gasteiger partial charge in [0.05, 0.1) is 6.61 Å². The average molecular weight is 302 g/mol. The van der Waals surface area contributed by atoms with Gasteiger partial charge in [0.15, 0.2) is 0 Å². The van der Waals surface area contributed by atoms with E-state index in [1.165, 1.54) is 0 Å². The van der Waals surface area contributed by atoms with Crippen LogP contribution >= 0.6 is 0 Å². The van der Waals surface area contributed by atoms with Crippen LogP contribution in [0.1, 0.15) is 20.3 Å². The minimum Gasteiger partial charge on any atom is -0.380 e. The van der Waals surface area contributed by atoms with Crippen molar-refractivity contribution < 1.29 is 4.74 Å². The highest BCUT2D eigenvalue weighted by Crippen LogP contribution is 2.31. The first-order valence-electron chi connectivity index (χ1n) is 8.21. The number of allylic oxidation sites excluding steroid dienone is 1. The van der Waals surface area contributed by atoms with E-state index < -0.39 is 0 Å². The Morgan fingerprint density at radius 1 is 1.36 bits per heavy atom. The molecule has 3 aliphatic rings. The molecule has 5 nitrogen and oxygen atoms in total. The summed E-state index contributed by atoms with van der Waals surface area (Å²) < 4.78 is 5.60. The van der Waals surface area contributed by atoms with Crippen LogP contribution in [0.4, 0.5) is 0 Å². The molecule has 0 radical (unpaired) electrons. The van der Waals surface area contributed by atoms with E-state index in [0.717, 1.165) is 26.2 Å². The van der Waals surface area contributed by atoms with E-state index in [0.29, 0.717) is 18.0 Å². The molecule has 1 aliphatic carbocycles. The maximum absolute atomic E-state index is 5.60. The summed E-state index contributed by atoms with van der Waals surface area (Å²) >= 11 is 0. The second-order valence-electron chi connectivity index (χ2n) is 5.98. The zero-order valence-electron chi connectivity index (χ0n) is 13.4. The van der Waals surface area contributed by atoms with E-state index in [-0.39, 0.29) is 6.29 Å². The summed E-state index contributed by atoms with van der Waals surface area (Å²) in [7, 11) is 0. The van der Waals surface area contributed by atoms with Crippen LogP contribution in [0.2, 0.25) is 0 Å². The molecule has 120 valence electrons. The van der Waals surface area contributed by atoms with Crippen LogP contribution in [-0.2, 0) is 4.74 Å². The van der Waals surface area contributed by atoms with Crippen LogP contribution in [0.3, 0.4) is 0 Å². The van der Waals surface area contributed by atoms with Gasteiger partial charge in [-0.1, -0.05) is 19.1 Å². The van der Waals surface area contributed by atoms with E-state index in [4.69, 9.17) is 4.74 Å². The summed E-state index contributed by atoms with van der Waals surface area (Å²) in [5, 5.41) is 3.80. The molecular formula is C17H26N4O. The molecular weight excluding hydrogens is 276 g/mol. The van der Waals surface area contributed by atoms with Crippen molar-refractivity contribution in [3.05, 3.63) is 36.8 Å². The molecule has 4 unspecified atom stereocenters. The molecule has 1 fully saturated rings. The first-order chi connectivity index (χ1) is 10.8. The molecule has 0 bridgehead atoms. The zero-order valence-corrected chi connectivity index (χ0v) is 13.4. The molecule has 0 spiro atoms. The van der Waals surface area contributed by atoms with Crippen molar-refractivity contribution >= 4 is 6.21 Å². The number of hydrogen-bond donors (Lipinski definition) is 1. The summed E-state index contributed by atoms with van der Waals surface area (Å²) in [4.78, 5) is 8.91. The third-order valence-electron chi connectivity index (χ3n) is 4.62. The van der Waals surface area contributed by atoms with Crippen molar-refractivity contribution in [2.75, 3.05) is 19.8 Å². The van der Waals surface area contributed by atoms with Gasteiger partial charge in [0.2, 0.25) is 0 Å². The highest BCUT2D eigenvalue weighted by molar-refractivity contribution is 5.71. The van der Waals surface area contributed by atoms with Gasteiger partial charge in [-0.3, -0.25) is 15.2 Å². The zero-order chi connectivity index (χ0) is 15.4. The van der Waals surface area contributed by atoms with Crippen molar-refractivity contribution in [1.29, 1.82) is 0 Å². The number of rotatable bonds is 5. The molecule has 2 heterocycles. The molecule has 2 aliphatic heterocycles. The first kappa shape index (κ1) is 15.5. The second-order valence-corrected chi connectivity index (χ2v) is 5.98. The topological polar surface area (TPSA) is 40.1 Å².